The van der Waals surface area contributed by atoms with Crippen LogP contribution in [0.1, 0.15) is 171 Å². The van der Waals surface area contributed by atoms with Gasteiger partial charge in [-0.1, -0.05) is 91.7 Å². The predicted molar refractivity (Wildman–Crippen MR) is 206 cm³/mol. The summed E-state index contributed by atoms with van der Waals surface area (Å²) in [5, 5.41) is 6.32. The average Bonchev–Trinajstić information content (AvgIpc) is 3.38. The van der Waals surface area contributed by atoms with E-state index < -0.39 is 0 Å². The topological polar surface area (TPSA) is 59.6 Å². The minimum Gasteiger partial charge on any atom is -0.474 e. The van der Waals surface area contributed by atoms with Crippen LogP contribution in [0.2, 0.25) is 0 Å². The lowest BCUT2D eigenvalue weighted by molar-refractivity contribution is -0.0583. The normalized spacial score (nSPS) is 32.3. The zero-order valence-corrected chi connectivity index (χ0v) is 33.6. The molecule has 0 aromatic heterocycles. The number of carbonyl (C=O) groups excluding carboxylic acids is 1. The van der Waals surface area contributed by atoms with Crippen LogP contribution in [0.3, 0.4) is 0 Å². The first kappa shape index (κ1) is 40.1. The van der Waals surface area contributed by atoms with Crippen LogP contribution < -0.4 is 10.6 Å². The maximum absolute atomic E-state index is 12.7. The predicted octanol–water partition coefficient (Wildman–Crippen LogP) is 12.0. The molecule has 5 heteroatoms. The Kier molecular flexibility index (Phi) is 14.5. The van der Waals surface area contributed by atoms with Crippen molar-refractivity contribution in [3.63, 3.8) is 0 Å². The lowest BCUT2D eigenvalue weighted by atomic mass is 9.47. The third kappa shape index (κ3) is 10.5. The fourth-order valence-corrected chi connectivity index (χ4v) is 11.4. The zero-order valence-electron chi connectivity index (χ0n) is 33.6. The van der Waals surface area contributed by atoms with Crippen LogP contribution in [0.4, 0.5) is 4.79 Å². The molecular weight excluding hydrogens is 604 g/mol. The molecule has 3 fully saturated rings. The molecule has 2 N–H and O–H groups in total. The molecular formula is C44H78N2O3. The molecule has 0 saturated heterocycles. The van der Waals surface area contributed by atoms with Crippen LogP contribution in [0.5, 0.6) is 0 Å². The Morgan fingerprint density at radius 2 is 1.59 bits per heavy atom. The largest absolute Gasteiger partial charge is 0.474 e. The van der Waals surface area contributed by atoms with Crippen molar-refractivity contribution < 1.29 is 14.3 Å². The van der Waals surface area contributed by atoms with Crippen molar-refractivity contribution in [2.45, 2.75) is 183 Å². The maximum atomic E-state index is 12.7. The molecule has 1 amide bonds. The van der Waals surface area contributed by atoms with E-state index in [-0.39, 0.29) is 17.8 Å². The Labute approximate surface area is 303 Å². The van der Waals surface area contributed by atoms with Crippen LogP contribution in [0.25, 0.3) is 0 Å². The number of unbranched alkanes of at least 4 members (excludes halogenated alkanes) is 5. The number of hydrogen-bond acceptors (Lipinski definition) is 4. The first-order valence-corrected chi connectivity index (χ1v) is 20.9. The van der Waals surface area contributed by atoms with Crippen molar-refractivity contribution in [3.05, 3.63) is 24.1 Å². The first-order valence-electron chi connectivity index (χ1n) is 20.9. The number of carbonyl (C=O) groups is 1. The molecule has 3 saturated carbocycles. The van der Waals surface area contributed by atoms with Crippen molar-refractivity contribution in [2.75, 3.05) is 13.1 Å². The molecule has 5 nitrogen and oxygen atoms in total. The Hall–Kier alpha value is -1.65. The smallest absolute Gasteiger partial charge is 0.407 e. The highest BCUT2D eigenvalue weighted by atomic mass is 16.6. The van der Waals surface area contributed by atoms with Gasteiger partial charge in [0.1, 0.15) is 11.7 Å². The molecule has 9 atom stereocenters. The molecule has 0 heterocycles. The Morgan fingerprint density at radius 3 is 2.24 bits per heavy atom. The average molecular weight is 683 g/mol. The highest BCUT2D eigenvalue weighted by molar-refractivity contribution is 5.67. The summed E-state index contributed by atoms with van der Waals surface area (Å²) in [5.41, 5.74) is 2.21. The van der Waals surface area contributed by atoms with Gasteiger partial charge in [-0.15, -0.1) is 0 Å². The standard InChI is InChI=1S/C44H78N2O3/c1-11-34(31(2)3)19-18-32(4)38-22-23-39-37-21-20-35-30-36(24-26-43(35,9)40(37)25-27-44(38,39)10)48-41(47)46-29-17-15-13-12-14-16-28-45-33(5)49-42(6,7)8/h20,31-32,34,36-40,45H,5,11-19,21-30H2,1-4,6-10H3,(H,46,47)/t32-,34-,36+,37+,38?,39?,40?,43+,44-/m1/s1. The van der Waals surface area contributed by atoms with Crippen molar-refractivity contribution in [3.8, 4) is 0 Å². The van der Waals surface area contributed by atoms with E-state index in [0.29, 0.717) is 23.3 Å². The molecule has 0 aliphatic heterocycles. The van der Waals surface area contributed by atoms with E-state index in [2.05, 4.69) is 64.8 Å². The number of fused-ring (bicyclic) bond motifs is 5. The van der Waals surface area contributed by atoms with Crippen molar-refractivity contribution in [2.24, 2.45) is 52.3 Å². The van der Waals surface area contributed by atoms with Gasteiger partial charge in [-0.3, -0.25) is 0 Å². The third-order valence-electron chi connectivity index (χ3n) is 14.2. The summed E-state index contributed by atoms with van der Waals surface area (Å²) in [7, 11) is 0. The number of allylic oxidation sites excluding steroid dienone is 1. The minimum absolute atomic E-state index is 0.0257. The summed E-state index contributed by atoms with van der Waals surface area (Å²) in [6, 6.07) is 0. The van der Waals surface area contributed by atoms with Crippen LogP contribution in [-0.4, -0.2) is 30.9 Å². The van der Waals surface area contributed by atoms with Crippen LogP contribution in [0, 0.1) is 52.3 Å². The number of alkyl carbamates (subject to hydrolysis) is 1. The van der Waals surface area contributed by atoms with Crippen molar-refractivity contribution in [1.29, 1.82) is 0 Å². The van der Waals surface area contributed by atoms with Gasteiger partial charge in [0, 0.05) is 19.5 Å². The lowest BCUT2D eigenvalue weighted by Gasteiger charge is -2.58. The highest BCUT2D eigenvalue weighted by Gasteiger charge is 2.59. The van der Waals surface area contributed by atoms with Crippen LogP contribution >= 0.6 is 0 Å². The number of rotatable bonds is 18. The zero-order chi connectivity index (χ0) is 35.8. The number of amides is 1. The van der Waals surface area contributed by atoms with Gasteiger partial charge in [-0.25, -0.2) is 4.79 Å². The second-order valence-electron chi connectivity index (χ2n) is 18.8. The SMILES string of the molecule is C=C(NCCCCCCCCNC(=O)O[C@H]1CC[C@@]2(C)C(=CC[C@H]3C4CCC([C@H](C)CC[C@@H](CC)C(C)C)[C@@]4(C)CCC32)C1)OC(C)(C)C. The maximum Gasteiger partial charge on any atom is 0.407 e. The van der Waals surface area contributed by atoms with Gasteiger partial charge in [0.15, 0.2) is 5.88 Å². The molecule has 282 valence electrons. The van der Waals surface area contributed by atoms with Gasteiger partial charge in [0.2, 0.25) is 0 Å². The van der Waals surface area contributed by atoms with E-state index in [0.717, 1.165) is 80.1 Å². The molecule has 4 aliphatic rings. The molecule has 49 heavy (non-hydrogen) atoms. The summed E-state index contributed by atoms with van der Waals surface area (Å²) in [4.78, 5) is 12.7. The van der Waals surface area contributed by atoms with Crippen molar-refractivity contribution in [1.82, 2.24) is 10.6 Å². The van der Waals surface area contributed by atoms with Crippen molar-refractivity contribution >= 4 is 6.09 Å². The first-order chi connectivity index (χ1) is 23.2. The Morgan fingerprint density at radius 1 is 0.918 bits per heavy atom. The summed E-state index contributed by atoms with van der Waals surface area (Å²) >= 11 is 0. The van der Waals surface area contributed by atoms with Crippen LogP contribution in [-0.2, 0) is 9.47 Å². The van der Waals surface area contributed by atoms with Gasteiger partial charge in [0.05, 0.1) is 0 Å². The van der Waals surface area contributed by atoms with Crippen LogP contribution in [0.15, 0.2) is 24.1 Å². The van der Waals surface area contributed by atoms with Gasteiger partial charge in [-0.05, 0) is 144 Å². The fourth-order valence-electron chi connectivity index (χ4n) is 11.4. The molecule has 0 aromatic rings. The molecule has 4 rings (SSSR count). The molecule has 0 radical (unpaired) electrons. The molecule has 0 aromatic carbocycles. The Balaban J connectivity index is 1.15. The monoisotopic (exact) mass is 683 g/mol. The number of ether oxygens (including phenoxy) is 2. The van der Waals surface area contributed by atoms with E-state index in [1.165, 1.54) is 77.0 Å². The quantitative estimate of drug-likeness (QED) is 0.0858. The van der Waals surface area contributed by atoms with Gasteiger partial charge in [-0.2, -0.15) is 0 Å². The second-order valence-corrected chi connectivity index (χ2v) is 18.8. The molecule has 0 spiro atoms. The van der Waals surface area contributed by atoms with E-state index in [1.54, 1.807) is 5.57 Å². The minimum atomic E-state index is -0.218. The third-order valence-corrected chi connectivity index (χ3v) is 14.2. The summed E-state index contributed by atoms with van der Waals surface area (Å²) in [5.74, 6) is 6.64. The summed E-state index contributed by atoms with van der Waals surface area (Å²) in [6.45, 7) is 26.8. The van der Waals surface area contributed by atoms with Gasteiger partial charge in [0.25, 0.3) is 0 Å². The van der Waals surface area contributed by atoms with E-state index in [4.69, 9.17) is 9.47 Å². The van der Waals surface area contributed by atoms with E-state index >= 15 is 0 Å². The summed E-state index contributed by atoms with van der Waals surface area (Å²) in [6.07, 6.45) is 23.5. The van der Waals surface area contributed by atoms with E-state index in [1.807, 2.05) is 20.8 Å². The Bertz CT molecular complexity index is 1090. The lowest BCUT2D eigenvalue weighted by Crippen LogP contribution is -2.51. The fraction of sp³-hybridized carbons (Fsp3) is 0.886. The van der Waals surface area contributed by atoms with Gasteiger partial charge < -0.3 is 20.1 Å². The van der Waals surface area contributed by atoms with Gasteiger partial charge >= 0.3 is 6.09 Å². The molecule has 0 bridgehead atoms. The highest BCUT2D eigenvalue weighted by Crippen LogP contribution is 2.67. The number of nitrogens with one attached hydrogen (secondary N) is 2. The number of hydrogen-bond donors (Lipinski definition) is 2. The summed E-state index contributed by atoms with van der Waals surface area (Å²) < 4.78 is 11.7. The molecule has 4 aliphatic carbocycles. The second kappa shape index (κ2) is 17.7. The van der Waals surface area contributed by atoms with E-state index in [9.17, 15) is 4.79 Å². The molecule has 3 unspecified atom stereocenters.